The molecular weight excluding hydrogens is 228 g/mol. The molecule has 0 aliphatic heterocycles. The highest BCUT2D eigenvalue weighted by Gasteiger charge is 2.14. The summed E-state index contributed by atoms with van der Waals surface area (Å²) in [6, 6.07) is 9.34. The molecule has 0 bridgehead atoms. The van der Waals surface area contributed by atoms with Crippen LogP contribution in [0.15, 0.2) is 42.5 Å². The first kappa shape index (κ1) is 14.5. The van der Waals surface area contributed by atoms with Crippen molar-refractivity contribution in [2.24, 2.45) is 0 Å². The molecule has 98 valence electrons. The minimum Gasteiger partial charge on any atom is -0.457 e. The van der Waals surface area contributed by atoms with Gasteiger partial charge < -0.3 is 9.84 Å². The van der Waals surface area contributed by atoms with Gasteiger partial charge in [0.2, 0.25) is 0 Å². The van der Waals surface area contributed by atoms with Crippen LogP contribution in [0.3, 0.4) is 0 Å². The van der Waals surface area contributed by atoms with Crippen molar-refractivity contribution in [1.29, 1.82) is 0 Å². The standard InChI is InChI=1S/C15H20O3/c1-15(2,3)18-14(17)11-7-10-13(16)12-8-5-4-6-9-12/h4-9,11,13,16H,10H2,1-3H3. The molecule has 0 aromatic heterocycles. The molecule has 0 fully saturated rings. The first-order valence-corrected chi connectivity index (χ1v) is 6.01. The van der Waals surface area contributed by atoms with Crippen LogP contribution in [-0.4, -0.2) is 16.7 Å². The van der Waals surface area contributed by atoms with Gasteiger partial charge in [0.1, 0.15) is 5.60 Å². The van der Waals surface area contributed by atoms with E-state index < -0.39 is 11.7 Å². The topological polar surface area (TPSA) is 46.5 Å². The summed E-state index contributed by atoms with van der Waals surface area (Å²) in [4.78, 5) is 11.4. The molecule has 0 saturated heterocycles. The Hall–Kier alpha value is -1.61. The second-order valence-electron chi connectivity index (χ2n) is 5.10. The quantitative estimate of drug-likeness (QED) is 0.658. The van der Waals surface area contributed by atoms with E-state index in [-0.39, 0.29) is 5.97 Å². The van der Waals surface area contributed by atoms with Crippen LogP contribution in [0.25, 0.3) is 0 Å². The first-order chi connectivity index (χ1) is 8.38. The van der Waals surface area contributed by atoms with E-state index in [1.54, 1.807) is 6.08 Å². The Bertz CT molecular complexity index is 401. The van der Waals surface area contributed by atoms with E-state index in [0.717, 1.165) is 5.56 Å². The molecule has 1 N–H and O–H groups in total. The maximum atomic E-state index is 11.4. The summed E-state index contributed by atoms with van der Waals surface area (Å²) in [5.41, 5.74) is 0.353. The molecular formula is C15H20O3. The number of ether oxygens (including phenoxy) is 1. The zero-order valence-electron chi connectivity index (χ0n) is 11.1. The molecule has 0 radical (unpaired) electrons. The molecule has 0 saturated carbocycles. The van der Waals surface area contributed by atoms with Crippen molar-refractivity contribution in [1.82, 2.24) is 0 Å². The number of hydrogen-bond acceptors (Lipinski definition) is 3. The van der Waals surface area contributed by atoms with Crippen molar-refractivity contribution in [3.8, 4) is 0 Å². The fraction of sp³-hybridized carbons (Fsp3) is 0.400. The summed E-state index contributed by atoms with van der Waals surface area (Å²) >= 11 is 0. The molecule has 1 unspecified atom stereocenters. The number of esters is 1. The number of aliphatic hydroxyl groups is 1. The summed E-state index contributed by atoms with van der Waals surface area (Å²) in [7, 11) is 0. The Labute approximate surface area is 108 Å². The van der Waals surface area contributed by atoms with Gasteiger partial charge in [-0.15, -0.1) is 0 Å². The lowest BCUT2D eigenvalue weighted by molar-refractivity contribution is -0.148. The smallest absolute Gasteiger partial charge is 0.330 e. The number of benzene rings is 1. The summed E-state index contributed by atoms with van der Waals surface area (Å²) < 4.78 is 5.12. The van der Waals surface area contributed by atoms with Crippen LogP contribution < -0.4 is 0 Å². The predicted molar refractivity (Wildman–Crippen MR) is 71.0 cm³/mol. The fourth-order valence-electron chi connectivity index (χ4n) is 1.44. The largest absolute Gasteiger partial charge is 0.457 e. The molecule has 1 rings (SSSR count). The molecule has 3 nitrogen and oxygen atoms in total. The Morgan fingerprint density at radius 2 is 1.94 bits per heavy atom. The van der Waals surface area contributed by atoms with Crippen molar-refractivity contribution in [3.63, 3.8) is 0 Å². The lowest BCUT2D eigenvalue weighted by atomic mass is 10.1. The predicted octanol–water partition coefficient (Wildman–Crippen LogP) is 3.01. The minimum atomic E-state index is -0.593. The number of carbonyl (C=O) groups excluding carboxylic acids is 1. The second kappa shape index (κ2) is 6.36. The van der Waals surface area contributed by atoms with E-state index in [1.165, 1.54) is 6.08 Å². The lowest BCUT2D eigenvalue weighted by Crippen LogP contribution is -2.22. The van der Waals surface area contributed by atoms with Gasteiger partial charge in [-0.3, -0.25) is 0 Å². The zero-order chi connectivity index (χ0) is 13.6. The summed E-state index contributed by atoms with van der Waals surface area (Å²) in [5.74, 6) is -0.386. The van der Waals surface area contributed by atoms with E-state index in [0.29, 0.717) is 6.42 Å². The van der Waals surface area contributed by atoms with Gasteiger partial charge >= 0.3 is 5.97 Å². The molecule has 1 aromatic rings. The highest BCUT2D eigenvalue weighted by Crippen LogP contribution is 2.16. The van der Waals surface area contributed by atoms with E-state index in [9.17, 15) is 9.90 Å². The van der Waals surface area contributed by atoms with E-state index in [1.807, 2.05) is 51.1 Å². The number of rotatable bonds is 4. The monoisotopic (exact) mass is 248 g/mol. The SMILES string of the molecule is CC(C)(C)OC(=O)C=CCC(O)c1ccccc1. The summed E-state index contributed by atoms with van der Waals surface area (Å²) in [6.45, 7) is 5.45. The van der Waals surface area contributed by atoms with Gasteiger partial charge in [0.15, 0.2) is 0 Å². The molecule has 0 aliphatic carbocycles. The highest BCUT2D eigenvalue weighted by atomic mass is 16.6. The van der Waals surface area contributed by atoms with Gasteiger partial charge in [-0.1, -0.05) is 36.4 Å². The van der Waals surface area contributed by atoms with E-state index >= 15 is 0 Å². The lowest BCUT2D eigenvalue weighted by Gasteiger charge is -2.18. The van der Waals surface area contributed by atoms with Crippen molar-refractivity contribution in [2.75, 3.05) is 0 Å². The summed E-state index contributed by atoms with van der Waals surface area (Å²) in [6.07, 6.45) is 2.79. The molecule has 0 heterocycles. The Kier molecular flexibility index (Phi) is 5.10. The van der Waals surface area contributed by atoms with Crippen LogP contribution in [-0.2, 0) is 9.53 Å². The molecule has 3 heteroatoms. The summed E-state index contributed by atoms with van der Waals surface area (Å²) in [5, 5.41) is 9.86. The first-order valence-electron chi connectivity index (χ1n) is 6.01. The van der Waals surface area contributed by atoms with Crippen LogP contribution in [0.1, 0.15) is 38.9 Å². The van der Waals surface area contributed by atoms with Crippen LogP contribution in [0.5, 0.6) is 0 Å². The van der Waals surface area contributed by atoms with Crippen molar-refractivity contribution >= 4 is 5.97 Å². The molecule has 1 aromatic carbocycles. The Morgan fingerprint density at radius 3 is 2.50 bits per heavy atom. The minimum absolute atomic E-state index is 0.386. The van der Waals surface area contributed by atoms with Gasteiger partial charge in [0.05, 0.1) is 6.10 Å². The van der Waals surface area contributed by atoms with Crippen LogP contribution in [0.2, 0.25) is 0 Å². The number of carbonyl (C=O) groups is 1. The highest BCUT2D eigenvalue weighted by molar-refractivity contribution is 5.82. The Morgan fingerprint density at radius 1 is 1.33 bits per heavy atom. The second-order valence-corrected chi connectivity index (χ2v) is 5.10. The fourth-order valence-corrected chi connectivity index (χ4v) is 1.44. The van der Waals surface area contributed by atoms with Gasteiger partial charge in [0, 0.05) is 6.08 Å². The van der Waals surface area contributed by atoms with E-state index in [4.69, 9.17) is 4.74 Å². The molecule has 0 amide bonds. The van der Waals surface area contributed by atoms with Crippen molar-refractivity contribution < 1.29 is 14.6 Å². The maximum absolute atomic E-state index is 11.4. The van der Waals surface area contributed by atoms with Crippen molar-refractivity contribution in [2.45, 2.75) is 38.9 Å². The van der Waals surface area contributed by atoms with Gasteiger partial charge in [-0.25, -0.2) is 4.79 Å². The molecule has 0 aliphatic rings. The van der Waals surface area contributed by atoms with Gasteiger partial charge in [0.25, 0.3) is 0 Å². The van der Waals surface area contributed by atoms with E-state index in [2.05, 4.69) is 0 Å². The maximum Gasteiger partial charge on any atom is 0.330 e. The van der Waals surface area contributed by atoms with Crippen LogP contribution in [0.4, 0.5) is 0 Å². The van der Waals surface area contributed by atoms with Crippen LogP contribution in [0, 0.1) is 0 Å². The normalized spacial score (nSPS) is 13.6. The molecule has 18 heavy (non-hydrogen) atoms. The third-order valence-corrected chi connectivity index (χ3v) is 2.20. The Balaban J connectivity index is 2.43. The zero-order valence-corrected chi connectivity index (χ0v) is 11.1. The average molecular weight is 248 g/mol. The van der Waals surface area contributed by atoms with Gasteiger partial charge in [-0.2, -0.15) is 0 Å². The van der Waals surface area contributed by atoms with Gasteiger partial charge in [-0.05, 0) is 32.8 Å². The van der Waals surface area contributed by atoms with Crippen molar-refractivity contribution in [3.05, 3.63) is 48.0 Å². The third-order valence-electron chi connectivity index (χ3n) is 2.20. The molecule has 1 atom stereocenters. The third kappa shape index (κ3) is 5.64. The van der Waals surface area contributed by atoms with Crippen LogP contribution >= 0.6 is 0 Å². The number of aliphatic hydroxyl groups excluding tert-OH is 1. The molecule has 0 spiro atoms. The average Bonchev–Trinajstić information content (AvgIpc) is 2.27. The number of hydrogen-bond donors (Lipinski definition) is 1.